The minimum absolute atomic E-state index is 0.322. The first-order valence-electron chi connectivity index (χ1n) is 4.33. The fourth-order valence-electron chi connectivity index (χ4n) is 0.567. The summed E-state index contributed by atoms with van der Waals surface area (Å²) in [5, 5.41) is 0. The SMILES string of the molecule is C=C/C=C(C=C)/C=N/[S@@](=O)C(C)(C)C. The Bertz CT molecular complexity index is 295. The molecule has 0 amide bonds. The summed E-state index contributed by atoms with van der Waals surface area (Å²) < 4.78 is 15.1. The summed E-state index contributed by atoms with van der Waals surface area (Å²) in [4.78, 5) is 0. The third-order valence-corrected chi connectivity index (χ3v) is 2.71. The van der Waals surface area contributed by atoms with Gasteiger partial charge in [0.05, 0.1) is 4.75 Å². The van der Waals surface area contributed by atoms with Crippen molar-refractivity contribution in [3.05, 3.63) is 37.0 Å². The van der Waals surface area contributed by atoms with Crippen LogP contribution in [0.3, 0.4) is 0 Å². The van der Waals surface area contributed by atoms with Crippen LogP contribution in [0.2, 0.25) is 0 Å². The van der Waals surface area contributed by atoms with Crippen LogP contribution in [0.5, 0.6) is 0 Å². The van der Waals surface area contributed by atoms with Crippen molar-refractivity contribution in [3.63, 3.8) is 0 Å². The monoisotopic (exact) mass is 211 g/mol. The molecule has 2 nitrogen and oxygen atoms in total. The third-order valence-electron chi connectivity index (χ3n) is 1.37. The fourth-order valence-corrected chi connectivity index (χ4v) is 1.10. The molecular formula is C11H17NOS. The second-order valence-electron chi connectivity index (χ2n) is 3.70. The van der Waals surface area contributed by atoms with Crippen molar-refractivity contribution in [1.29, 1.82) is 0 Å². The molecule has 0 aliphatic rings. The largest absolute Gasteiger partial charge is 0.234 e. The number of hydrogen-bond acceptors (Lipinski definition) is 1. The summed E-state index contributed by atoms with van der Waals surface area (Å²) in [5.41, 5.74) is 0.803. The van der Waals surface area contributed by atoms with Gasteiger partial charge in [0.15, 0.2) is 0 Å². The van der Waals surface area contributed by atoms with E-state index in [4.69, 9.17) is 0 Å². The third kappa shape index (κ3) is 4.92. The van der Waals surface area contributed by atoms with Gasteiger partial charge in [-0.3, -0.25) is 0 Å². The predicted octanol–water partition coefficient (Wildman–Crippen LogP) is 2.82. The number of rotatable bonds is 4. The quantitative estimate of drug-likeness (QED) is 0.519. The van der Waals surface area contributed by atoms with Crippen LogP contribution >= 0.6 is 0 Å². The second-order valence-corrected chi connectivity index (χ2v) is 5.64. The number of allylic oxidation sites excluding steroid dienone is 4. The highest BCUT2D eigenvalue weighted by atomic mass is 32.2. The summed E-state index contributed by atoms with van der Waals surface area (Å²) in [6.07, 6.45) is 6.60. The molecule has 0 aliphatic heterocycles. The first kappa shape index (κ1) is 13.0. The van der Waals surface area contributed by atoms with Gasteiger partial charge in [-0.1, -0.05) is 31.4 Å². The van der Waals surface area contributed by atoms with Gasteiger partial charge in [0, 0.05) is 6.21 Å². The van der Waals surface area contributed by atoms with E-state index in [0.29, 0.717) is 0 Å². The lowest BCUT2D eigenvalue weighted by Gasteiger charge is -2.12. The average molecular weight is 211 g/mol. The molecule has 0 saturated heterocycles. The minimum Gasteiger partial charge on any atom is -0.234 e. The van der Waals surface area contributed by atoms with Gasteiger partial charge in [-0.05, 0) is 26.3 Å². The van der Waals surface area contributed by atoms with Crippen molar-refractivity contribution >= 4 is 17.2 Å². The normalized spacial score (nSPS) is 15.5. The van der Waals surface area contributed by atoms with Gasteiger partial charge >= 0.3 is 0 Å². The van der Waals surface area contributed by atoms with Crippen LogP contribution in [0, 0.1) is 0 Å². The van der Waals surface area contributed by atoms with Gasteiger partial charge in [-0.2, -0.15) is 4.40 Å². The number of nitrogens with zero attached hydrogens (tertiary/aromatic N) is 1. The maximum absolute atomic E-state index is 11.5. The van der Waals surface area contributed by atoms with Crippen molar-refractivity contribution in [2.24, 2.45) is 4.40 Å². The summed E-state index contributed by atoms with van der Waals surface area (Å²) in [6.45, 7) is 12.8. The van der Waals surface area contributed by atoms with E-state index >= 15 is 0 Å². The molecule has 0 heterocycles. The Morgan fingerprint density at radius 1 is 1.36 bits per heavy atom. The molecular weight excluding hydrogens is 194 g/mol. The Balaban J connectivity index is 4.59. The maximum atomic E-state index is 11.5. The van der Waals surface area contributed by atoms with Crippen LogP contribution in [0.15, 0.2) is 41.4 Å². The van der Waals surface area contributed by atoms with Gasteiger partial charge in [0.25, 0.3) is 0 Å². The van der Waals surface area contributed by atoms with Crippen LogP contribution in [0.4, 0.5) is 0 Å². The Hall–Kier alpha value is -0.960. The smallest absolute Gasteiger partial charge is 0.144 e. The first-order valence-corrected chi connectivity index (χ1v) is 5.43. The zero-order chi connectivity index (χ0) is 11.2. The Labute approximate surface area is 88.7 Å². The van der Waals surface area contributed by atoms with E-state index in [0.717, 1.165) is 5.57 Å². The molecule has 78 valence electrons. The molecule has 0 unspecified atom stereocenters. The highest BCUT2D eigenvalue weighted by Crippen LogP contribution is 2.12. The second kappa shape index (κ2) is 5.70. The molecule has 14 heavy (non-hydrogen) atoms. The molecule has 0 spiro atoms. The van der Waals surface area contributed by atoms with E-state index in [9.17, 15) is 4.21 Å². The lowest BCUT2D eigenvalue weighted by atomic mass is 10.3. The molecule has 0 aromatic heterocycles. The van der Waals surface area contributed by atoms with Crippen LogP contribution in [-0.4, -0.2) is 15.2 Å². The van der Waals surface area contributed by atoms with Crippen molar-refractivity contribution in [3.8, 4) is 0 Å². The Kier molecular flexibility index (Phi) is 5.31. The maximum Gasteiger partial charge on any atom is 0.144 e. The molecule has 0 aliphatic carbocycles. The lowest BCUT2D eigenvalue weighted by molar-refractivity contribution is 0.651. The summed E-state index contributed by atoms with van der Waals surface area (Å²) in [6, 6.07) is 0. The molecule has 0 radical (unpaired) electrons. The van der Waals surface area contributed by atoms with Gasteiger partial charge in [0.1, 0.15) is 11.0 Å². The van der Waals surface area contributed by atoms with Gasteiger partial charge in [-0.15, -0.1) is 0 Å². The lowest BCUT2D eigenvalue weighted by Crippen LogP contribution is -2.19. The van der Waals surface area contributed by atoms with E-state index in [1.807, 2.05) is 20.8 Å². The zero-order valence-corrected chi connectivity index (χ0v) is 9.80. The van der Waals surface area contributed by atoms with Gasteiger partial charge < -0.3 is 0 Å². The van der Waals surface area contributed by atoms with Crippen LogP contribution in [-0.2, 0) is 11.0 Å². The van der Waals surface area contributed by atoms with Crippen molar-refractivity contribution in [1.82, 2.24) is 0 Å². The van der Waals surface area contributed by atoms with E-state index in [1.54, 1.807) is 24.4 Å². The van der Waals surface area contributed by atoms with Gasteiger partial charge in [0.2, 0.25) is 0 Å². The molecule has 3 heteroatoms. The highest BCUT2D eigenvalue weighted by Gasteiger charge is 2.17. The van der Waals surface area contributed by atoms with E-state index in [1.165, 1.54) is 0 Å². The van der Waals surface area contributed by atoms with Crippen LogP contribution in [0.1, 0.15) is 20.8 Å². The van der Waals surface area contributed by atoms with E-state index in [-0.39, 0.29) is 4.75 Å². The highest BCUT2D eigenvalue weighted by molar-refractivity contribution is 7.85. The summed E-state index contributed by atoms with van der Waals surface area (Å²) in [7, 11) is -1.22. The molecule has 0 bridgehead atoms. The van der Waals surface area contributed by atoms with Crippen molar-refractivity contribution in [2.75, 3.05) is 0 Å². The average Bonchev–Trinajstić information content (AvgIpc) is 2.10. The Morgan fingerprint density at radius 2 is 1.93 bits per heavy atom. The molecule has 0 aromatic carbocycles. The summed E-state index contributed by atoms with van der Waals surface area (Å²) >= 11 is 0. The van der Waals surface area contributed by atoms with Crippen LogP contribution in [0.25, 0.3) is 0 Å². The van der Waals surface area contributed by atoms with Crippen LogP contribution < -0.4 is 0 Å². The molecule has 0 fully saturated rings. The molecule has 0 N–H and O–H groups in total. The standard InChI is InChI=1S/C11H17NOS/c1-6-8-10(7-2)9-12-14(13)11(3,4)5/h6-9H,1-2H2,3-5H3/b10-8+,12-9+/t14-/m0/s1. The summed E-state index contributed by atoms with van der Waals surface area (Å²) in [5.74, 6) is 0. The molecule has 0 aromatic rings. The topological polar surface area (TPSA) is 29.4 Å². The Morgan fingerprint density at radius 3 is 2.29 bits per heavy atom. The van der Waals surface area contributed by atoms with Gasteiger partial charge in [-0.25, -0.2) is 4.21 Å². The number of hydrogen-bond donors (Lipinski definition) is 0. The zero-order valence-electron chi connectivity index (χ0n) is 8.99. The van der Waals surface area contributed by atoms with E-state index in [2.05, 4.69) is 17.6 Å². The molecule has 1 atom stereocenters. The van der Waals surface area contributed by atoms with Crippen molar-refractivity contribution in [2.45, 2.75) is 25.5 Å². The minimum atomic E-state index is -1.22. The predicted molar refractivity (Wildman–Crippen MR) is 64.9 cm³/mol. The van der Waals surface area contributed by atoms with E-state index < -0.39 is 11.0 Å². The van der Waals surface area contributed by atoms with Crippen molar-refractivity contribution < 1.29 is 4.21 Å². The first-order chi connectivity index (χ1) is 6.41. The molecule has 0 rings (SSSR count). The fraction of sp³-hybridized carbons (Fsp3) is 0.364. The molecule has 0 saturated carbocycles.